The maximum absolute atomic E-state index is 13.1. The van der Waals surface area contributed by atoms with Crippen molar-refractivity contribution in [1.29, 1.82) is 0 Å². The molecule has 0 N–H and O–H groups in total. The molecule has 0 aromatic heterocycles. The van der Waals surface area contributed by atoms with E-state index in [4.69, 9.17) is 9.47 Å². The molecule has 0 spiro atoms. The largest absolute Gasteiger partial charge is 0.462 e. The third-order valence-electron chi connectivity index (χ3n) is 5.17. The summed E-state index contributed by atoms with van der Waals surface area (Å²) in [5.74, 6) is -1.56. The minimum Gasteiger partial charge on any atom is -0.462 e. The van der Waals surface area contributed by atoms with E-state index in [2.05, 4.69) is 0 Å². The van der Waals surface area contributed by atoms with Crippen molar-refractivity contribution in [3.8, 4) is 0 Å². The molecule has 1 aromatic carbocycles. The van der Waals surface area contributed by atoms with Crippen molar-refractivity contribution < 1.29 is 23.9 Å². The highest BCUT2D eigenvalue weighted by atomic mass is 16.5. The quantitative estimate of drug-likeness (QED) is 0.329. The molecule has 0 saturated heterocycles. The van der Waals surface area contributed by atoms with Crippen molar-refractivity contribution >= 4 is 17.7 Å². The fourth-order valence-electron chi connectivity index (χ4n) is 3.74. The lowest BCUT2D eigenvalue weighted by molar-refractivity contribution is -0.143. The summed E-state index contributed by atoms with van der Waals surface area (Å²) in [7, 11) is 0. The number of benzene rings is 1. The molecule has 1 unspecified atom stereocenters. The monoisotopic (exact) mass is 412 g/mol. The summed E-state index contributed by atoms with van der Waals surface area (Å²) in [6.07, 6.45) is 1.91. The van der Waals surface area contributed by atoms with E-state index in [1.54, 1.807) is 32.0 Å². The lowest BCUT2D eigenvalue weighted by atomic mass is 9.74. The average molecular weight is 413 g/mol. The Morgan fingerprint density at radius 3 is 2.27 bits per heavy atom. The molecule has 30 heavy (non-hydrogen) atoms. The van der Waals surface area contributed by atoms with E-state index in [1.807, 2.05) is 26.8 Å². The van der Waals surface area contributed by atoms with Crippen LogP contribution in [0.3, 0.4) is 0 Å². The number of hydrogen-bond acceptors (Lipinski definition) is 5. The van der Waals surface area contributed by atoms with Crippen LogP contribution in [-0.2, 0) is 19.1 Å². The van der Waals surface area contributed by atoms with Gasteiger partial charge < -0.3 is 9.47 Å². The zero-order valence-corrected chi connectivity index (χ0v) is 18.8. The molecule has 1 aliphatic carbocycles. The van der Waals surface area contributed by atoms with Crippen molar-refractivity contribution in [2.24, 2.45) is 0 Å². The van der Waals surface area contributed by atoms with E-state index in [0.717, 1.165) is 24.0 Å². The number of rotatable bonds is 8. The molecule has 5 heteroatoms. The number of allylic oxidation sites excluding steroid dienone is 2. The third kappa shape index (κ3) is 5.47. The molecule has 1 aromatic rings. The normalized spacial score (nSPS) is 16.7. The van der Waals surface area contributed by atoms with Gasteiger partial charge in [0.05, 0.1) is 12.7 Å². The van der Waals surface area contributed by atoms with Crippen molar-refractivity contribution in [3.63, 3.8) is 0 Å². The van der Waals surface area contributed by atoms with E-state index in [0.29, 0.717) is 35.3 Å². The van der Waals surface area contributed by atoms with Gasteiger partial charge >= 0.3 is 11.9 Å². The van der Waals surface area contributed by atoms with Gasteiger partial charge in [-0.15, -0.1) is 0 Å². The summed E-state index contributed by atoms with van der Waals surface area (Å²) < 4.78 is 11.0. The van der Waals surface area contributed by atoms with Crippen LogP contribution < -0.4 is 0 Å². The second kappa shape index (κ2) is 10.4. The van der Waals surface area contributed by atoms with Crippen LogP contribution in [0.2, 0.25) is 0 Å². The van der Waals surface area contributed by atoms with Crippen LogP contribution in [0.4, 0.5) is 0 Å². The van der Waals surface area contributed by atoms with Crippen molar-refractivity contribution in [2.45, 2.75) is 72.8 Å². The molecule has 0 radical (unpaired) electrons. The summed E-state index contributed by atoms with van der Waals surface area (Å²) in [4.78, 5) is 38.0. The molecule has 0 amide bonds. The van der Waals surface area contributed by atoms with Gasteiger partial charge in [-0.3, -0.25) is 4.79 Å². The molecule has 0 bridgehead atoms. The maximum atomic E-state index is 13.1. The second-order valence-electron chi connectivity index (χ2n) is 8.12. The molecule has 0 heterocycles. The van der Waals surface area contributed by atoms with Gasteiger partial charge in [0.1, 0.15) is 0 Å². The first-order valence-corrected chi connectivity index (χ1v) is 10.6. The summed E-state index contributed by atoms with van der Waals surface area (Å²) in [6.45, 7) is 11.2. The van der Waals surface area contributed by atoms with Gasteiger partial charge in [-0.2, -0.15) is 0 Å². The first-order valence-electron chi connectivity index (χ1n) is 10.6. The summed E-state index contributed by atoms with van der Waals surface area (Å²) in [6, 6.07) is 7.09. The van der Waals surface area contributed by atoms with Crippen molar-refractivity contribution in [1.82, 2.24) is 0 Å². The Balaban J connectivity index is 2.60. The zero-order valence-electron chi connectivity index (χ0n) is 18.8. The first-order chi connectivity index (χ1) is 14.2. The SMILES string of the molecule is CCCCOC(=O)C1=C(C)CC(C)=C(C(=O)OC(C)C)C1c1cccc(C(C)=O)c1. The molecule has 2 rings (SSSR count). The van der Waals surface area contributed by atoms with Crippen LogP contribution >= 0.6 is 0 Å². The highest BCUT2D eigenvalue weighted by Gasteiger charge is 2.38. The molecule has 0 saturated carbocycles. The van der Waals surface area contributed by atoms with E-state index in [1.165, 1.54) is 6.92 Å². The second-order valence-corrected chi connectivity index (χ2v) is 8.12. The number of esters is 2. The van der Waals surface area contributed by atoms with Gasteiger partial charge in [0, 0.05) is 22.6 Å². The van der Waals surface area contributed by atoms with Crippen LogP contribution in [0.5, 0.6) is 0 Å². The standard InChI is InChI=1S/C25H32O5/c1-7-8-12-29-24(27)21-16(4)13-17(5)22(25(28)30-15(2)3)23(21)20-11-9-10-19(14-20)18(6)26/h9-11,14-15,23H,7-8,12-13H2,1-6H3. The zero-order chi connectivity index (χ0) is 22.4. The molecule has 5 nitrogen and oxygen atoms in total. The number of carbonyl (C=O) groups excluding carboxylic acids is 3. The number of unbranched alkanes of at least 4 members (excludes halogenated alkanes) is 1. The highest BCUT2D eigenvalue weighted by Crippen LogP contribution is 2.43. The predicted molar refractivity (Wildman–Crippen MR) is 116 cm³/mol. The maximum Gasteiger partial charge on any atom is 0.335 e. The summed E-state index contributed by atoms with van der Waals surface area (Å²) in [5, 5.41) is 0. The molecular weight excluding hydrogens is 380 g/mol. The van der Waals surface area contributed by atoms with Crippen molar-refractivity contribution in [3.05, 3.63) is 57.7 Å². The lowest BCUT2D eigenvalue weighted by Crippen LogP contribution is -2.28. The van der Waals surface area contributed by atoms with Gasteiger partial charge in [0.25, 0.3) is 0 Å². The van der Waals surface area contributed by atoms with Crippen LogP contribution in [0.1, 0.15) is 82.6 Å². The van der Waals surface area contributed by atoms with Gasteiger partial charge in [-0.1, -0.05) is 42.7 Å². The molecule has 1 aliphatic rings. The Morgan fingerprint density at radius 2 is 1.70 bits per heavy atom. The highest BCUT2D eigenvalue weighted by molar-refractivity contribution is 6.00. The Morgan fingerprint density at radius 1 is 1.07 bits per heavy atom. The molecule has 162 valence electrons. The Labute approximate surface area is 179 Å². The Bertz CT molecular complexity index is 889. The van der Waals surface area contributed by atoms with Crippen LogP contribution in [-0.4, -0.2) is 30.4 Å². The molecule has 0 aliphatic heterocycles. The average Bonchev–Trinajstić information content (AvgIpc) is 2.66. The smallest absolute Gasteiger partial charge is 0.335 e. The summed E-state index contributed by atoms with van der Waals surface area (Å²) in [5.41, 5.74) is 3.89. The first kappa shape index (κ1) is 23.6. The van der Waals surface area contributed by atoms with Gasteiger partial charge in [0.15, 0.2) is 5.78 Å². The van der Waals surface area contributed by atoms with Crippen LogP contribution in [0, 0.1) is 0 Å². The number of ketones is 1. The number of carbonyl (C=O) groups is 3. The topological polar surface area (TPSA) is 69.7 Å². The van der Waals surface area contributed by atoms with Gasteiger partial charge in [0.2, 0.25) is 0 Å². The summed E-state index contributed by atoms with van der Waals surface area (Å²) >= 11 is 0. The molecule has 0 fully saturated rings. The van der Waals surface area contributed by atoms with E-state index >= 15 is 0 Å². The van der Waals surface area contributed by atoms with Crippen molar-refractivity contribution in [2.75, 3.05) is 6.61 Å². The number of ether oxygens (including phenoxy) is 2. The van der Waals surface area contributed by atoms with Gasteiger partial charge in [-0.05, 0) is 59.1 Å². The number of hydrogen-bond donors (Lipinski definition) is 0. The van der Waals surface area contributed by atoms with Crippen LogP contribution in [0.15, 0.2) is 46.6 Å². The van der Waals surface area contributed by atoms with Crippen LogP contribution in [0.25, 0.3) is 0 Å². The minimum absolute atomic E-state index is 0.0764. The van der Waals surface area contributed by atoms with Gasteiger partial charge in [-0.25, -0.2) is 9.59 Å². The molecular formula is C25H32O5. The fourth-order valence-corrected chi connectivity index (χ4v) is 3.74. The Kier molecular flexibility index (Phi) is 8.16. The Hall–Kier alpha value is -2.69. The van der Waals surface area contributed by atoms with E-state index < -0.39 is 17.9 Å². The lowest BCUT2D eigenvalue weighted by Gasteiger charge is -2.30. The number of Topliss-reactive ketones (excluding diaryl/α,β-unsaturated/α-hetero) is 1. The fraction of sp³-hybridized carbons (Fsp3) is 0.480. The van der Waals surface area contributed by atoms with E-state index in [-0.39, 0.29) is 11.9 Å². The minimum atomic E-state index is -0.626. The van der Waals surface area contributed by atoms with E-state index in [9.17, 15) is 14.4 Å². The third-order valence-corrected chi connectivity index (χ3v) is 5.17. The predicted octanol–water partition coefficient (Wildman–Crippen LogP) is 5.30. The molecule has 1 atom stereocenters.